The standard InChI is InChI=1S/C23H28N6O3S/c1-17-26-20(16-33-17)11-28-12-21(32-15-19-5-3-4-8-24-19)13-29(14-23(28)31)22(30)7-6-18-9-25-27(2)10-18/h3-5,8-10,16,21H,6-7,11-15H2,1-2H3. The van der Waals surface area contributed by atoms with E-state index < -0.39 is 0 Å². The first kappa shape index (κ1) is 23.1. The van der Waals surface area contributed by atoms with E-state index in [1.807, 2.05) is 43.7 Å². The van der Waals surface area contributed by atoms with Crippen molar-refractivity contribution in [3.05, 3.63) is 64.1 Å². The molecule has 0 aromatic carbocycles. The Morgan fingerprint density at radius 3 is 2.85 bits per heavy atom. The summed E-state index contributed by atoms with van der Waals surface area (Å²) in [5.41, 5.74) is 2.66. The van der Waals surface area contributed by atoms with Crippen molar-refractivity contribution in [3.8, 4) is 0 Å². The highest BCUT2D eigenvalue weighted by molar-refractivity contribution is 7.09. The van der Waals surface area contributed by atoms with Crippen LogP contribution in [0, 0.1) is 6.92 Å². The summed E-state index contributed by atoms with van der Waals surface area (Å²) in [5, 5.41) is 7.08. The molecular formula is C23H28N6O3S. The molecule has 0 bridgehead atoms. The highest BCUT2D eigenvalue weighted by Crippen LogP contribution is 2.16. The molecule has 1 aliphatic heterocycles. The zero-order chi connectivity index (χ0) is 23.2. The highest BCUT2D eigenvalue weighted by Gasteiger charge is 2.31. The van der Waals surface area contributed by atoms with Gasteiger partial charge in [0.05, 0.1) is 48.4 Å². The third-order valence-corrected chi connectivity index (χ3v) is 6.30. The van der Waals surface area contributed by atoms with Gasteiger partial charge in [0.2, 0.25) is 11.8 Å². The van der Waals surface area contributed by atoms with Gasteiger partial charge < -0.3 is 14.5 Å². The summed E-state index contributed by atoms with van der Waals surface area (Å²) in [7, 11) is 1.85. The molecular weight excluding hydrogens is 440 g/mol. The Hall–Kier alpha value is -3.11. The number of thiazole rings is 1. The molecule has 1 aliphatic rings. The molecule has 1 fully saturated rings. The molecule has 9 nitrogen and oxygen atoms in total. The Balaban J connectivity index is 1.44. The Morgan fingerprint density at radius 2 is 2.15 bits per heavy atom. The Labute approximate surface area is 197 Å². The second kappa shape index (κ2) is 10.7. The summed E-state index contributed by atoms with van der Waals surface area (Å²) in [5.74, 6) is -0.163. The molecule has 0 saturated carbocycles. The van der Waals surface area contributed by atoms with Gasteiger partial charge in [-0.1, -0.05) is 6.07 Å². The number of ether oxygens (including phenoxy) is 1. The number of carbonyl (C=O) groups excluding carboxylic acids is 2. The molecule has 2 amide bonds. The van der Waals surface area contributed by atoms with Gasteiger partial charge in [-0.05, 0) is 31.0 Å². The maximum Gasteiger partial charge on any atom is 0.242 e. The van der Waals surface area contributed by atoms with Gasteiger partial charge in [-0.3, -0.25) is 19.3 Å². The van der Waals surface area contributed by atoms with Crippen LogP contribution in [0.1, 0.15) is 28.4 Å². The van der Waals surface area contributed by atoms with Crippen molar-refractivity contribution in [1.82, 2.24) is 29.5 Å². The number of aryl methyl sites for hydroxylation is 3. The molecule has 1 saturated heterocycles. The predicted octanol–water partition coefficient (Wildman–Crippen LogP) is 1.97. The molecule has 0 radical (unpaired) electrons. The van der Waals surface area contributed by atoms with Crippen LogP contribution in [0.5, 0.6) is 0 Å². The lowest BCUT2D eigenvalue weighted by atomic mass is 10.2. The van der Waals surface area contributed by atoms with Crippen LogP contribution >= 0.6 is 11.3 Å². The molecule has 33 heavy (non-hydrogen) atoms. The van der Waals surface area contributed by atoms with E-state index in [4.69, 9.17) is 4.74 Å². The number of amides is 2. The topological polar surface area (TPSA) is 93.4 Å². The van der Waals surface area contributed by atoms with Crippen molar-refractivity contribution in [2.75, 3.05) is 19.6 Å². The minimum Gasteiger partial charge on any atom is -0.368 e. The van der Waals surface area contributed by atoms with Crippen molar-refractivity contribution in [3.63, 3.8) is 0 Å². The number of pyridine rings is 1. The second-order valence-corrected chi connectivity index (χ2v) is 9.24. The smallest absolute Gasteiger partial charge is 0.242 e. The summed E-state index contributed by atoms with van der Waals surface area (Å²) in [6, 6.07) is 5.66. The van der Waals surface area contributed by atoms with Gasteiger partial charge in [-0.2, -0.15) is 5.10 Å². The molecule has 4 rings (SSSR count). The fourth-order valence-corrected chi connectivity index (χ4v) is 4.40. The molecule has 0 spiro atoms. The molecule has 4 heterocycles. The lowest BCUT2D eigenvalue weighted by Gasteiger charge is -2.24. The fraction of sp³-hybridized carbons (Fsp3) is 0.435. The maximum atomic E-state index is 13.1. The minimum atomic E-state index is -0.319. The van der Waals surface area contributed by atoms with Crippen LogP contribution in [0.2, 0.25) is 0 Å². The van der Waals surface area contributed by atoms with E-state index in [9.17, 15) is 9.59 Å². The van der Waals surface area contributed by atoms with Crippen LogP contribution in [-0.4, -0.2) is 67.1 Å². The van der Waals surface area contributed by atoms with Crippen molar-refractivity contribution in [2.45, 2.75) is 39.0 Å². The van der Waals surface area contributed by atoms with Gasteiger partial charge in [0.1, 0.15) is 0 Å². The molecule has 3 aromatic heterocycles. The lowest BCUT2D eigenvalue weighted by molar-refractivity contribution is -0.139. The predicted molar refractivity (Wildman–Crippen MR) is 123 cm³/mol. The van der Waals surface area contributed by atoms with Gasteiger partial charge in [0.15, 0.2) is 0 Å². The Bertz CT molecular complexity index is 1080. The Morgan fingerprint density at radius 1 is 1.27 bits per heavy atom. The normalized spacial score (nSPS) is 16.8. The van der Waals surface area contributed by atoms with E-state index >= 15 is 0 Å². The zero-order valence-corrected chi connectivity index (χ0v) is 19.7. The van der Waals surface area contributed by atoms with E-state index in [0.717, 1.165) is 22.0 Å². The summed E-state index contributed by atoms with van der Waals surface area (Å²) in [6.45, 7) is 3.47. The van der Waals surface area contributed by atoms with Crippen LogP contribution in [0.25, 0.3) is 0 Å². The number of hydrogen-bond acceptors (Lipinski definition) is 7. The fourth-order valence-electron chi connectivity index (χ4n) is 3.80. The summed E-state index contributed by atoms with van der Waals surface area (Å²) in [6.07, 6.45) is 5.96. The summed E-state index contributed by atoms with van der Waals surface area (Å²) in [4.78, 5) is 38.2. The van der Waals surface area contributed by atoms with Gasteiger partial charge in [-0.25, -0.2) is 4.98 Å². The minimum absolute atomic E-state index is 0.0401. The zero-order valence-electron chi connectivity index (χ0n) is 18.9. The molecule has 174 valence electrons. The highest BCUT2D eigenvalue weighted by atomic mass is 32.1. The molecule has 1 atom stereocenters. The van der Waals surface area contributed by atoms with Crippen LogP contribution in [0.3, 0.4) is 0 Å². The maximum absolute atomic E-state index is 13.1. The van der Waals surface area contributed by atoms with Crippen molar-refractivity contribution >= 4 is 23.2 Å². The monoisotopic (exact) mass is 468 g/mol. The summed E-state index contributed by atoms with van der Waals surface area (Å²) >= 11 is 1.56. The number of carbonyl (C=O) groups is 2. The number of rotatable bonds is 8. The molecule has 3 aromatic rings. The largest absolute Gasteiger partial charge is 0.368 e. The van der Waals surface area contributed by atoms with Crippen molar-refractivity contribution < 1.29 is 14.3 Å². The third-order valence-electron chi connectivity index (χ3n) is 5.48. The van der Waals surface area contributed by atoms with Gasteiger partial charge in [-0.15, -0.1) is 11.3 Å². The van der Waals surface area contributed by atoms with Crippen molar-refractivity contribution in [2.24, 2.45) is 7.05 Å². The summed E-state index contributed by atoms with van der Waals surface area (Å²) < 4.78 is 7.85. The number of aromatic nitrogens is 4. The van der Waals surface area contributed by atoms with Gasteiger partial charge in [0.25, 0.3) is 0 Å². The average Bonchev–Trinajstić information content (AvgIpc) is 3.38. The quantitative estimate of drug-likeness (QED) is 0.502. The van der Waals surface area contributed by atoms with E-state index in [-0.39, 0.29) is 24.5 Å². The lowest BCUT2D eigenvalue weighted by Crippen LogP contribution is -2.39. The Kier molecular flexibility index (Phi) is 7.46. The molecule has 10 heteroatoms. The number of nitrogens with zero attached hydrogens (tertiary/aromatic N) is 6. The second-order valence-electron chi connectivity index (χ2n) is 8.18. The average molecular weight is 469 g/mol. The molecule has 0 N–H and O–H groups in total. The first-order valence-corrected chi connectivity index (χ1v) is 11.8. The molecule has 0 aliphatic carbocycles. The van der Waals surface area contributed by atoms with E-state index in [0.29, 0.717) is 39.1 Å². The van der Waals surface area contributed by atoms with Crippen LogP contribution in [0.15, 0.2) is 42.2 Å². The van der Waals surface area contributed by atoms with Crippen molar-refractivity contribution in [1.29, 1.82) is 0 Å². The first-order valence-electron chi connectivity index (χ1n) is 10.9. The first-order chi connectivity index (χ1) is 16.0. The number of hydrogen-bond donors (Lipinski definition) is 0. The third kappa shape index (κ3) is 6.45. The van der Waals surface area contributed by atoms with E-state index in [1.54, 1.807) is 38.2 Å². The van der Waals surface area contributed by atoms with Crippen LogP contribution in [0.4, 0.5) is 0 Å². The molecule has 1 unspecified atom stereocenters. The van der Waals surface area contributed by atoms with Crippen LogP contribution in [-0.2, 0) is 40.9 Å². The van der Waals surface area contributed by atoms with Gasteiger partial charge in [0, 0.05) is 44.3 Å². The van der Waals surface area contributed by atoms with Crippen LogP contribution < -0.4 is 0 Å². The van der Waals surface area contributed by atoms with E-state index in [1.165, 1.54) is 0 Å². The van der Waals surface area contributed by atoms with Gasteiger partial charge >= 0.3 is 0 Å². The SMILES string of the molecule is Cc1nc(CN2CC(OCc3ccccn3)CN(C(=O)CCc3cnn(C)c3)CC2=O)cs1. The van der Waals surface area contributed by atoms with E-state index in [2.05, 4.69) is 15.1 Å².